The second-order valence-electron chi connectivity index (χ2n) is 6.38. The lowest BCUT2D eigenvalue weighted by Crippen LogP contribution is -2.55. The van der Waals surface area contributed by atoms with Crippen LogP contribution in [0, 0.1) is 0 Å². The second kappa shape index (κ2) is 4.85. The molecule has 2 fully saturated rings. The maximum atomic E-state index is 12.6. The topological polar surface area (TPSA) is 48.5 Å². The Bertz CT molecular complexity index is 581. The fourth-order valence-corrected chi connectivity index (χ4v) is 4.14. The van der Waals surface area contributed by atoms with Gasteiger partial charge in [0.2, 0.25) is 5.91 Å². The molecule has 1 aromatic heterocycles. The predicted octanol–water partition coefficient (Wildman–Crippen LogP) is 1.80. The third-order valence-electron chi connectivity index (χ3n) is 4.91. The number of nitrogens with zero attached hydrogens (tertiary/aromatic N) is 3. The summed E-state index contributed by atoms with van der Waals surface area (Å²) in [7, 11) is 1.91. The Kier molecular flexibility index (Phi) is 3.08. The van der Waals surface area contributed by atoms with E-state index in [1.54, 1.807) is 6.20 Å². The molecule has 2 bridgehead atoms. The van der Waals surface area contributed by atoms with Crippen LogP contribution in [-0.4, -0.2) is 42.6 Å². The molecular formula is C15H19ClN4O. The second-order valence-corrected chi connectivity index (χ2v) is 6.82. The Morgan fingerprint density at radius 3 is 2.76 bits per heavy atom. The first kappa shape index (κ1) is 13.3. The largest absolute Gasteiger partial charge is 0.362 e. The number of amides is 1. The zero-order valence-corrected chi connectivity index (χ0v) is 12.8. The number of aromatic nitrogens is 1. The van der Waals surface area contributed by atoms with Crippen molar-refractivity contribution in [3.8, 4) is 0 Å². The Hall–Kier alpha value is -1.33. The lowest BCUT2D eigenvalue weighted by atomic mass is 9.97. The average molecular weight is 307 g/mol. The molecule has 4 heterocycles. The normalized spacial score (nSPS) is 31.5. The van der Waals surface area contributed by atoms with Crippen molar-refractivity contribution in [1.29, 1.82) is 0 Å². The highest BCUT2D eigenvalue weighted by atomic mass is 35.5. The molecule has 0 aromatic carbocycles. The number of fused-ring (bicyclic) bond motifs is 3. The molecule has 3 aliphatic rings. The molecule has 0 aliphatic carbocycles. The molecule has 0 spiro atoms. The van der Waals surface area contributed by atoms with Crippen LogP contribution in [0.1, 0.15) is 25.7 Å². The number of nitrogens with one attached hydrogen (secondary N) is 1. The van der Waals surface area contributed by atoms with Crippen LogP contribution in [0.15, 0.2) is 12.3 Å². The van der Waals surface area contributed by atoms with E-state index in [-0.39, 0.29) is 11.9 Å². The minimum atomic E-state index is 0.145. The first-order chi connectivity index (χ1) is 10.1. The average Bonchev–Trinajstić information content (AvgIpc) is 2.78. The summed E-state index contributed by atoms with van der Waals surface area (Å²) in [5.41, 5.74) is 0.952. The van der Waals surface area contributed by atoms with Gasteiger partial charge in [0.25, 0.3) is 0 Å². The molecule has 1 aromatic rings. The van der Waals surface area contributed by atoms with Gasteiger partial charge in [-0.15, -0.1) is 0 Å². The summed E-state index contributed by atoms with van der Waals surface area (Å²) in [6.45, 7) is 0.397. The number of anilines is 2. The third-order valence-corrected chi connectivity index (χ3v) is 5.11. The van der Waals surface area contributed by atoms with Gasteiger partial charge in [0.05, 0.1) is 17.3 Å². The molecule has 112 valence electrons. The lowest BCUT2D eigenvalue weighted by molar-refractivity contribution is -0.118. The van der Waals surface area contributed by atoms with Gasteiger partial charge >= 0.3 is 0 Å². The van der Waals surface area contributed by atoms with Gasteiger partial charge in [-0.2, -0.15) is 0 Å². The van der Waals surface area contributed by atoms with E-state index in [4.69, 9.17) is 11.6 Å². The summed E-state index contributed by atoms with van der Waals surface area (Å²) >= 11 is 6.07. The Balaban J connectivity index is 1.71. The number of rotatable bonds is 1. The smallest absolute Gasteiger partial charge is 0.247 e. The summed E-state index contributed by atoms with van der Waals surface area (Å²) < 4.78 is 0. The molecule has 21 heavy (non-hydrogen) atoms. The fraction of sp³-hybridized carbons (Fsp3) is 0.600. The highest BCUT2D eigenvalue weighted by Gasteiger charge is 2.41. The van der Waals surface area contributed by atoms with Crippen LogP contribution in [0.25, 0.3) is 0 Å². The molecular weight excluding hydrogens is 288 g/mol. The maximum Gasteiger partial charge on any atom is 0.247 e. The van der Waals surface area contributed by atoms with Crippen molar-refractivity contribution in [2.24, 2.45) is 0 Å². The van der Waals surface area contributed by atoms with E-state index in [1.807, 2.05) is 22.9 Å². The number of carbonyl (C=O) groups excluding carboxylic acids is 1. The van der Waals surface area contributed by atoms with Crippen molar-refractivity contribution >= 4 is 29.0 Å². The van der Waals surface area contributed by atoms with E-state index in [0.717, 1.165) is 24.3 Å². The van der Waals surface area contributed by atoms with E-state index >= 15 is 0 Å². The van der Waals surface area contributed by atoms with Crippen LogP contribution in [0.5, 0.6) is 0 Å². The predicted molar refractivity (Wildman–Crippen MR) is 83.0 cm³/mol. The van der Waals surface area contributed by atoms with Gasteiger partial charge in [0, 0.05) is 31.4 Å². The van der Waals surface area contributed by atoms with Gasteiger partial charge in [-0.05, 0) is 31.7 Å². The molecule has 3 atom stereocenters. The van der Waals surface area contributed by atoms with Crippen molar-refractivity contribution < 1.29 is 4.79 Å². The summed E-state index contributed by atoms with van der Waals surface area (Å²) in [4.78, 5) is 20.9. The summed E-state index contributed by atoms with van der Waals surface area (Å²) in [6.07, 6.45) is 6.13. The highest BCUT2D eigenvalue weighted by Crippen LogP contribution is 2.38. The zero-order chi connectivity index (χ0) is 14.6. The number of pyridine rings is 1. The van der Waals surface area contributed by atoms with E-state index in [0.29, 0.717) is 23.7 Å². The zero-order valence-electron chi connectivity index (χ0n) is 12.1. The molecule has 4 rings (SSSR count). The van der Waals surface area contributed by atoms with Crippen LogP contribution in [0.2, 0.25) is 5.02 Å². The van der Waals surface area contributed by atoms with Crippen molar-refractivity contribution in [2.75, 3.05) is 23.4 Å². The Morgan fingerprint density at radius 1 is 1.33 bits per heavy atom. The van der Waals surface area contributed by atoms with Gasteiger partial charge in [0.15, 0.2) is 5.82 Å². The maximum absolute atomic E-state index is 12.6. The van der Waals surface area contributed by atoms with Crippen LogP contribution in [-0.2, 0) is 4.79 Å². The van der Waals surface area contributed by atoms with Gasteiger partial charge in [0.1, 0.15) is 0 Å². The number of hydrogen-bond donors (Lipinski definition) is 1. The quantitative estimate of drug-likeness (QED) is 0.859. The Morgan fingerprint density at radius 2 is 2.05 bits per heavy atom. The van der Waals surface area contributed by atoms with Gasteiger partial charge in [-0.3, -0.25) is 9.69 Å². The fourth-order valence-electron chi connectivity index (χ4n) is 3.98. The number of piperidine rings is 1. The van der Waals surface area contributed by atoms with Crippen molar-refractivity contribution in [3.05, 3.63) is 17.3 Å². The molecule has 1 amide bonds. The van der Waals surface area contributed by atoms with Crippen LogP contribution in [0.4, 0.5) is 11.5 Å². The third kappa shape index (κ3) is 2.19. The van der Waals surface area contributed by atoms with Crippen LogP contribution >= 0.6 is 11.6 Å². The number of likely N-dealkylation sites (N-methyl/N-ethyl adjacent to an activating group) is 1. The minimum Gasteiger partial charge on any atom is -0.362 e. The van der Waals surface area contributed by atoms with E-state index < -0.39 is 0 Å². The summed E-state index contributed by atoms with van der Waals surface area (Å²) in [6, 6.07) is 3.27. The number of hydrogen-bond acceptors (Lipinski definition) is 4. The molecule has 0 radical (unpaired) electrons. The molecule has 2 saturated heterocycles. The van der Waals surface area contributed by atoms with E-state index in [2.05, 4.69) is 10.3 Å². The molecule has 3 aliphatic heterocycles. The van der Waals surface area contributed by atoms with E-state index in [1.165, 1.54) is 12.8 Å². The monoisotopic (exact) mass is 306 g/mol. The van der Waals surface area contributed by atoms with Crippen molar-refractivity contribution in [3.63, 3.8) is 0 Å². The lowest BCUT2D eigenvalue weighted by Gasteiger charge is -2.42. The first-order valence-corrected chi connectivity index (χ1v) is 7.94. The molecule has 6 heteroatoms. The molecule has 0 saturated carbocycles. The summed E-state index contributed by atoms with van der Waals surface area (Å²) in [5.74, 6) is 0.913. The van der Waals surface area contributed by atoms with Crippen LogP contribution in [0.3, 0.4) is 0 Å². The van der Waals surface area contributed by atoms with Gasteiger partial charge < -0.3 is 10.2 Å². The first-order valence-electron chi connectivity index (χ1n) is 7.56. The molecule has 0 unspecified atom stereocenters. The number of carbonyl (C=O) groups is 1. The van der Waals surface area contributed by atoms with Crippen molar-refractivity contribution in [1.82, 2.24) is 10.3 Å². The van der Waals surface area contributed by atoms with Gasteiger partial charge in [-0.1, -0.05) is 11.6 Å². The highest BCUT2D eigenvalue weighted by molar-refractivity contribution is 6.31. The van der Waals surface area contributed by atoms with Crippen LogP contribution < -0.4 is 15.1 Å². The molecule has 1 N–H and O–H groups in total. The van der Waals surface area contributed by atoms with Gasteiger partial charge in [-0.25, -0.2) is 4.98 Å². The Labute approximate surface area is 129 Å². The van der Waals surface area contributed by atoms with E-state index in [9.17, 15) is 4.79 Å². The molecule has 5 nitrogen and oxygen atoms in total. The summed E-state index contributed by atoms with van der Waals surface area (Å²) in [5, 5.41) is 4.24. The standard InChI is InChI=1S/C15H19ClN4O/c1-19-8-14(21)20(15-13(19)4-9(16)7-17-15)12-5-10-2-3-11(6-12)18-10/h4,7,10-12,18H,2-3,5-6,8H2,1H3/t10-,11+,12+. The number of halogens is 1. The SMILES string of the molecule is CN1CC(=O)N([C@H]2C[C@H]3CC[C@@H](C2)N3)c2ncc(Cl)cc21. The van der Waals surface area contributed by atoms with Crippen molar-refractivity contribution in [2.45, 2.75) is 43.8 Å². The minimum absolute atomic E-state index is 0.145.